The van der Waals surface area contributed by atoms with E-state index in [2.05, 4.69) is 10.6 Å². The summed E-state index contributed by atoms with van der Waals surface area (Å²) >= 11 is 0. The Morgan fingerprint density at radius 1 is 1.24 bits per heavy atom. The van der Waals surface area contributed by atoms with Gasteiger partial charge in [0, 0.05) is 6.04 Å². The van der Waals surface area contributed by atoms with Gasteiger partial charge >= 0.3 is 0 Å². The zero-order valence-electron chi connectivity index (χ0n) is 10.7. The lowest BCUT2D eigenvalue weighted by Crippen LogP contribution is -2.56. The number of carbonyl (C=O) groups excluding carboxylic acids is 2. The Morgan fingerprint density at radius 3 is 2.35 bits per heavy atom. The monoisotopic (exact) mass is 241 g/mol. The molecule has 0 aliphatic heterocycles. The Hall–Kier alpha value is -1.10. The molecular weight excluding hydrogens is 218 g/mol. The molecule has 2 amide bonds. The van der Waals surface area contributed by atoms with Crippen LogP contribution in [0.4, 0.5) is 0 Å². The molecule has 0 aromatic rings. The molecule has 4 N–H and O–H groups in total. The van der Waals surface area contributed by atoms with Gasteiger partial charge in [0.15, 0.2) is 0 Å². The average Bonchev–Trinajstić information content (AvgIpc) is 2.26. The van der Waals surface area contributed by atoms with Crippen LogP contribution in [0.15, 0.2) is 0 Å². The standard InChI is InChI=1S/C12H23N3O2/c1-9(2)15-10(16)8-14-11(17)12(13)6-4-3-5-7-12/h9H,3-8,13H2,1-2H3,(H,14,17)(H,15,16). The van der Waals surface area contributed by atoms with Crippen molar-refractivity contribution >= 4 is 11.8 Å². The Labute approximate surface area is 103 Å². The van der Waals surface area contributed by atoms with Crippen LogP contribution in [0, 0.1) is 0 Å². The van der Waals surface area contributed by atoms with Crippen LogP contribution >= 0.6 is 0 Å². The molecule has 0 atom stereocenters. The second-order valence-corrected chi connectivity index (χ2v) is 5.12. The zero-order chi connectivity index (χ0) is 12.9. The van der Waals surface area contributed by atoms with E-state index in [4.69, 9.17) is 5.73 Å². The summed E-state index contributed by atoms with van der Waals surface area (Å²) in [5, 5.41) is 5.34. The number of hydrogen-bond acceptors (Lipinski definition) is 3. The van der Waals surface area contributed by atoms with E-state index in [1.54, 1.807) is 0 Å². The molecule has 0 spiro atoms. The maximum absolute atomic E-state index is 11.9. The van der Waals surface area contributed by atoms with Crippen LogP contribution < -0.4 is 16.4 Å². The molecule has 1 aliphatic rings. The molecule has 0 heterocycles. The molecule has 0 bridgehead atoms. The van der Waals surface area contributed by atoms with Crippen LogP contribution in [0.3, 0.4) is 0 Å². The van der Waals surface area contributed by atoms with Crippen molar-refractivity contribution in [1.29, 1.82) is 0 Å². The Morgan fingerprint density at radius 2 is 1.82 bits per heavy atom. The molecule has 0 unspecified atom stereocenters. The Bertz CT molecular complexity index is 283. The van der Waals surface area contributed by atoms with E-state index in [0.29, 0.717) is 12.8 Å². The molecule has 5 heteroatoms. The highest BCUT2D eigenvalue weighted by molar-refractivity contribution is 5.90. The number of amides is 2. The molecule has 5 nitrogen and oxygen atoms in total. The first-order valence-electron chi connectivity index (χ1n) is 6.30. The third-order valence-corrected chi connectivity index (χ3v) is 3.06. The highest BCUT2D eigenvalue weighted by Crippen LogP contribution is 2.25. The highest BCUT2D eigenvalue weighted by Gasteiger charge is 2.35. The largest absolute Gasteiger partial charge is 0.352 e. The number of carbonyl (C=O) groups is 2. The minimum Gasteiger partial charge on any atom is -0.352 e. The number of rotatable bonds is 4. The summed E-state index contributed by atoms with van der Waals surface area (Å²) in [6, 6.07) is 0.0842. The van der Waals surface area contributed by atoms with Gasteiger partial charge in [-0.15, -0.1) is 0 Å². The molecule has 1 fully saturated rings. The van der Waals surface area contributed by atoms with Gasteiger partial charge in [-0.1, -0.05) is 19.3 Å². The minimum atomic E-state index is -0.767. The lowest BCUT2D eigenvalue weighted by Gasteiger charge is -2.31. The fraction of sp³-hybridized carbons (Fsp3) is 0.833. The number of nitrogens with one attached hydrogen (secondary N) is 2. The molecule has 0 radical (unpaired) electrons. The van der Waals surface area contributed by atoms with Crippen LogP contribution in [0.5, 0.6) is 0 Å². The quantitative estimate of drug-likeness (QED) is 0.661. The Kier molecular flexibility index (Phi) is 4.93. The molecule has 1 aliphatic carbocycles. The van der Waals surface area contributed by atoms with Crippen LogP contribution in [0.1, 0.15) is 46.0 Å². The molecule has 1 saturated carbocycles. The lowest BCUT2D eigenvalue weighted by atomic mass is 9.82. The normalized spacial score (nSPS) is 18.8. The van der Waals surface area contributed by atoms with Gasteiger partial charge in [-0.2, -0.15) is 0 Å². The van der Waals surface area contributed by atoms with Crippen LogP contribution in [0.25, 0.3) is 0 Å². The van der Waals surface area contributed by atoms with Gasteiger partial charge in [0.2, 0.25) is 11.8 Å². The third kappa shape index (κ3) is 4.34. The molecule has 98 valence electrons. The predicted octanol–water partition coefficient (Wildman–Crippen LogP) is 0.289. The third-order valence-electron chi connectivity index (χ3n) is 3.06. The average molecular weight is 241 g/mol. The van der Waals surface area contributed by atoms with Crippen molar-refractivity contribution in [3.63, 3.8) is 0 Å². The van der Waals surface area contributed by atoms with Crippen molar-refractivity contribution in [2.45, 2.75) is 57.5 Å². The van der Waals surface area contributed by atoms with Gasteiger partial charge in [-0.25, -0.2) is 0 Å². The van der Waals surface area contributed by atoms with E-state index in [0.717, 1.165) is 19.3 Å². The van der Waals surface area contributed by atoms with E-state index in [-0.39, 0.29) is 24.4 Å². The second kappa shape index (κ2) is 6.00. The smallest absolute Gasteiger partial charge is 0.240 e. The van der Waals surface area contributed by atoms with Crippen molar-refractivity contribution in [3.05, 3.63) is 0 Å². The summed E-state index contributed by atoms with van der Waals surface area (Å²) in [5.41, 5.74) is 5.28. The Balaban J connectivity index is 2.35. The van der Waals surface area contributed by atoms with Gasteiger partial charge in [0.1, 0.15) is 0 Å². The summed E-state index contributed by atoms with van der Waals surface area (Å²) < 4.78 is 0. The fourth-order valence-electron chi connectivity index (χ4n) is 2.12. The summed E-state index contributed by atoms with van der Waals surface area (Å²) in [4.78, 5) is 23.3. The first kappa shape index (κ1) is 14.0. The van der Waals surface area contributed by atoms with Crippen molar-refractivity contribution in [2.75, 3.05) is 6.54 Å². The molecule has 0 aromatic heterocycles. The summed E-state index contributed by atoms with van der Waals surface area (Å²) in [6.45, 7) is 3.77. The molecule has 1 rings (SSSR count). The van der Waals surface area contributed by atoms with Gasteiger partial charge in [-0.05, 0) is 26.7 Å². The summed E-state index contributed by atoms with van der Waals surface area (Å²) in [6.07, 6.45) is 4.54. The minimum absolute atomic E-state index is 0.00988. The summed E-state index contributed by atoms with van der Waals surface area (Å²) in [5.74, 6) is -0.371. The first-order chi connectivity index (χ1) is 7.94. The second-order valence-electron chi connectivity index (χ2n) is 5.12. The van der Waals surface area contributed by atoms with Crippen LogP contribution in [0.2, 0.25) is 0 Å². The molecular formula is C12H23N3O2. The van der Waals surface area contributed by atoms with Gasteiger partial charge in [-0.3, -0.25) is 9.59 Å². The maximum atomic E-state index is 11.9. The van der Waals surface area contributed by atoms with Crippen LogP contribution in [-0.4, -0.2) is 29.9 Å². The number of nitrogens with two attached hydrogens (primary N) is 1. The maximum Gasteiger partial charge on any atom is 0.240 e. The van der Waals surface area contributed by atoms with Gasteiger partial charge in [0.05, 0.1) is 12.1 Å². The van der Waals surface area contributed by atoms with Crippen LogP contribution in [-0.2, 0) is 9.59 Å². The van der Waals surface area contributed by atoms with Crippen molar-refractivity contribution < 1.29 is 9.59 Å². The van der Waals surface area contributed by atoms with E-state index in [1.165, 1.54) is 0 Å². The SMILES string of the molecule is CC(C)NC(=O)CNC(=O)C1(N)CCCCC1. The highest BCUT2D eigenvalue weighted by atomic mass is 16.2. The zero-order valence-corrected chi connectivity index (χ0v) is 10.7. The molecule has 0 aromatic carbocycles. The van der Waals surface area contributed by atoms with Crippen molar-refractivity contribution in [3.8, 4) is 0 Å². The van der Waals surface area contributed by atoms with E-state index in [9.17, 15) is 9.59 Å². The number of hydrogen-bond donors (Lipinski definition) is 3. The van der Waals surface area contributed by atoms with E-state index in [1.807, 2.05) is 13.8 Å². The van der Waals surface area contributed by atoms with Crippen molar-refractivity contribution in [2.24, 2.45) is 5.73 Å². The first-order valence-corrected chi connectivity index (χ1v) is 6.30. The van der Waals surface area contributed by atoms with Gasteiger partial charge in [0.25, 0.3) is 0 Å². The molecule has 0 saturated heterocycles. The summed E-state index contributed by atoms with van der Waals surface area (Å²) in [7, 11) is 0. The van der Waals surface area contributed by atoms with E-state index >= 15 is 0 Å². The molecule has 17 heavy (non-hydrogen) atoms. The topological polar surface area (TPSA) is 84.2 Å². The fourth-order valence-corrected chi connectivity index (χ4v) is 2.12. The van der Waals surface area contributed by atoms with Crippen molar-refractivity contribution in [1.82, 2.24) is 10.6 Å². The predicted molar refractivity (Wildman–Crippen MR) is 66.3 cm³/mol. The van der Waals surface area contributed by atoms with Gasteiger partial charge < -0.3 is 16.4 Å². The van der Waals surface area contributed by atoms with E-state index < -0.39 is 5.54 Å². The lowest BCUT2D eigenvalue weighted by molar-refractivity contribution is -0.130.